The first-order valence-electron chi connectivity index (χ1n) is 9.76. The lowest BCUT2D eigenvalue weighted by Crippen LogP contribution is -1.99. The third kappa shape index (κ3) is 4.17. The van der Waals surface area contributed by atoms with E-state index in [1.54, 1.807) is 0 Å². The van der Waals surface area contributed by atoms with E-state index in [-0.39, 0.29) is 0 Å². The van der Waals surface area contributed by atoms with Gasteiger partial charge in [-0.2, -0.15) is 0 Å². The molecule has 24 heavy (non-hydrogen) atoms. The van der Waals surface area contributed by atoms with E-state index in [1.165, 1.54) is 73.6 Å². The molecule has 0 amide bonds. The number of allylic oxidation sites excluding steroid dienone is 1. The van der Waals surface area contributed by atoms with Crippen LogP contribution in [0.3, 0.4) is 0 Å². The second-order valence-electron chi connectivity index (χ2n) is 7.06. The van der Waals surface area contributed by atoms with Gasteiger partial charge in [-0.15, -0.1) is 0 Å². The molecule has 0 fully saturated rings. The largest absolute Gasteiger partial charge is 0.0654 e. The van der Waals surface area contributed by atoms with Gasteiger partial charge < -0.3 is 0 Å². The lowest BCUT2D eigenvalue weighted by Gasteiger charge is -2.17. The molecule has 1 atom stereocenters. The Labute approximate surface area is 147 Å². The SMILES string of the molecule is CCCCCCCCCC1C(c2ccccc2)=Cc2ccccc21. The van der Waals surface area contributed by atoms with Gasteiger partial charge in [0.2, 0.25) is 0 Å². The summed E-state index contributed by atoms with van der Waals surface area (Å²) in [6.45, 7) is 2.29. The molecule has 1 unspecified atom stereocenters. The molecule has 2 aromatic rings. The van der Waals surface area contributed by atoms with E-state index in [0.717, 1.165) is 0 Å². The molecule has 3 rings (SSSR count). The average Bonchev–Trinajstić information content (AvgIpc) is 3.00. The predicted octanol–water partition coefficient (Wildman–Crippen LogP) is 7.47. The smallest absolute Gasteiger partial charge is 0.0101 e. The summed E-state index contributed by atoms with van der Waals surface area (Å²) in [4.78, 5) is 0. The van der Waals surface area contributed by atoms with E-state index in [9.17, 15) is 0 Å². The van der Waals surface area contributed by atoms with Crippen molar-refractivity contribution in [2.24, 2.45) is 0 Å². The molecular weight excluding hydrogens is 288 g/mol. The Morgan fingerprint density at radius 3 is 2.17 bits per heavy atom. The summed E-state index contributed by atoms with van der Waals surface area (Å²) in [5.74, 6) is 0.583. The van der Waals surface area contributed by atoms with Crippen molar-refractivity contribution in [1.29, 1.82) is 0 Å². The van der Waals surface area contributed by atoms with Gasteiger partial charge in [-0.05, 0) is 28.7 Å². The molecule has 0 N–H and O–H groups in total. The monoisotopic (exact) mass is 318 g/mol. The standard InChI is InChI=1S/C24H30/c1-2-3-4-5-6-7-11-18-23-22-17-13-12-16-21(22)19-24(23)20-14-9-8-10-15-20/h8-10,12-17,19,23H,2-7,11,18H2,1H3. The molecule has 0 spiro atoms. The third-order valence-electron chi connectivity index (χ3n) is 5.26. The average molecular weight is 319 g/mol. The molecule has 0 radical (unpaired) electrons. The van der Waals surface area contributed by atoms with Crippen molar-refractivity contribution >= 4 is 11.6 Å². The maximum absolute atomic E-state index is 2.41. The van der Waals surface area contributed by atoms with Crippen LogP contribution in [0.2, 0.25) is 0 Å². The highest BCUT2D eigenvalue weighted by atomic mass is 14.3. The summed E-state index contributed by atoms with van der Waals surface area (Å²) in [6, 6.07) is 19.9. The van der Waals surface area contributed by atoms with Crippen molar-refractivity contribution in [3.8, 4) is 0 Å². The molecular formula is C24H30. The fraction of sp³-hybridized carbons (Fsp3) is 0.417. The highest BCUT2D eigenvalue weighted by Gasteiger charge is 2.25. The maximum Gasteiger partial charge on any atom is 0.0101 e. The van der Waals surface area contributed by atoms with Crippen molar-refractivity contribution in [1.82, 2.24) is 0 Å². The minimum Gasteiger partial charge on any atom is -0.0654 e. The maximum atomic E-state index is 2.41. The summed E-state index contributed by atoms with van der Waals surface area (Å²) >= 11 is 0. The van der Waals surface area contributed by atoms with Crippen molar-refractivity contribution in [2.45, 2.75) is 64.2 Å². The van der Waals surface area contributed by atoms with Gasteiger partial charge >= 0.3 is 0 Å². The number of hydrogen-bond donors (Lipinski definition) is 0. The zero-order valence-electron chi connectivity index (χ0n) is 15.0. The summed E-state index contributed by atoms with van der Waals surface area (Å²) < 4.78 is 0. The Morgan fingerprint density at radius 2 is 1.38 bits per heavy atom. The highest BCUT2D eigenvalue weighted by Crippen LogP contribution is 2.44. The molecule has 0 saturated carbocycles. The van der Waals surface area contributed by atoms with Gasteiger partial charge in [-0.25, -0.2) is 0 Å². The summed E-state index contributed by atoms with van der Waals surface area (Å²) in [5, 5.41) is 0. The summed E-state index contributed by atoms with van der Waals surface area (Å²) in [6.07, 6.45) is 13.4. The van der Waals surface area contributed by atoms with E-state index in [2.05, 4.69) is 67.6 Å². The predicted molar refractivity (Wildman–Crippen MR) is 106 cm³/mol. The molecule has 0 saturated heterocycles. The molecule has 0 aliphatic heterocycles. The third-order valence-corrected chi connectivity index (χ3v) is 5.26. The van der Waals surface area contributed by atoms with Crippen LogP contribution >= 0.6 is 0 Å². The number of fused-ring (bicyclic) bond motifs is 1. The first-order valence-corrected chi connectivity index (χ1v) is 9.76. The Balaban J connectivity index is 1.62. The number of hydrogen-bond acceptors (Lipinski definition) is 0. The van der Waals surface area contributed by atoms with Crippen LogP contribution in [0.25, 0.3) is 11.6 Å². The molecule has 0 nitrogen and oxygen atoms in total. The summed E-state index contributed by atoms with van der Waals surface area (Å²) in [5.41, 5.74) is 5.86. The van der Waals surface area contributed by atoms with E-state index in [0.29, 0.717) is 5.92 Å². The van der Waals surface area contributed by atoms with Crippen LogP contribution in [-0.2, 0) is 0 Å². The molecule has 2 aromatic carbocycles. The molecule has 0 aromatic heterocycles. The Morgan fingerprint density at radius 1 is 0.708 bits per heavy atom. The van der Waals surface area contributed by atoms with Crippen LogP contribution in [0.15, 0.2) is 54.6 Å². The van der Waals surface area contributed by atoms with Gasteiger partial charge in [-0.1, -0.05) is 113 Å². The lowest BCUT2D eigenvalue weighted by molar-refractivity contribution is 0.566. The van der Waals surface area contributed by atoms with Gasteiger partial charge in [0.25, 0.3) is 0 Å². The second-order valence-corrected chi connectivity index (χ2v) is 7.06. The normalized spacial score (nSPS) is 16.0. The van der Waals surface area contributed by atoms with Gasteiger partial charge in [0, 0.05) is 5.92 Å². The molecule has 0 heteroatoms. The Bertz CT molecular complexity index is 651. The molecule has 0 bridgehead atoms. The van der Waals surface area contributed by atoms with Crippen LogP contribution in [0, 0.1) is 0 Å². The fourth-order valence-corrected chi connectivity index (χ4v) is 3.93. The molecule has 0 heterocycles. The van der Waals surface area contributed by atoms with Crippen molar-refractivity contribution in [3.63, 3.8) is 0 Å². The van der Waals surface area contributed by atoms with E-state index in [1.807, 2.05) is 0 Å². The van der Waals surface area contributed by atoms with Crippen molar-refractivity contribution < 1.29 is 0 Å². The lowest BCUT2D eigenvalue weighted by atomic mass is 9.87. The van der Waals surface area contributed by atoms with Crippen LogP contribution in [0.4, 0.5) is 0 Å². The van der Waals surface area contributed by atoms with Crippen LogP contribution < -0.4 is 0 Å². The highest BCUT2D eigenvalue weighted by molar-refractivity contribution is 5.91. The molecule has 1 aliphatic rings. The molecule has 126 valence electrons. The van der Waals surface area contributed by atoms with Crippen molar-refractivity contribution in [3.05, 3.63) is 71.3 Å². The minimum absolute atomic E-state index is 0.583. The minimum atomic E-state index is 0.583. The van der Waals surface area contributed by atoms with Gasteiger partial charge in [0.15, 0.2) is 0 Å². The first kappa shape index (κ1) is 17.0. The topological polar surface area (TPSA) is 0 Å². The van der Waals surface area contributed by atoms with E-state index in [4.69, 9.17) is 0 Å². The van der Waals surface area contributed by atoms with Gasteiger partial charge in [-0.3, -0.25) is 0 Å². The zero-order valence-corrected chi connectivity index (χ0v) is 15.0. The van der Waals surface area contributed by atoms with Crippen LogP contribution in [0.5, 0.6) is 0 Å². The van der Waals surface area contributed by atoms with E-state index >= 15 is 0 Å². The number of unbranched alkanes of at least 4 members (excludes halogenated alkanes) is 6. The quantitative estimate of drug-likeness (QED) is 0.421. The zero-order chi connectivity index (χ0) is 16.6. The Kier molecular flexibility index (Phi) is 6.29. The van der Waals surface area contributed by atoms with Gasteiger partial charge in [0.1, 0.15) is 0 Å². The number of rotatable bonds is 9. The van der Waals surface area contributed by atoms with Crippen molar-refractivity contribution in [2.75, 3.05) is 0 Å². The summed E-state index contributed by atoms with van der Waals surface area (Å²) in [7, 11) is 0. The number of benzene rings is 2. The fourth-order valence-electron chi connectivity index (χ4n) is 3.93. The van der Waals surface area contributed by atoms with Gasteiger partial charge in [0.05, 0.1) is 0 Å². The second kappa shape index (κ2) is 8.87. The Hall–Kier alpha value is -1.82. The van der Waals surface area contributed by atoms with Crippen LogP contribution in [0.1, 0.15) is 80.9 Å². The van der Waals surface area contributed by atoms with Crippen LogP contribution in [-0.4, -0.2) is 0 Å². The first-order chi connectivity index (χ1) is 11.9. The molecule has 1 aliphatic carbocycles. The van der Waals surface area contributed by atoms with E-state index < -0.39 is 0 Å².